The molecule has 7 heteroatoms. The van der Waals surface area contributed by atoms with Gasteiger partial charge in [-0.3, -0.25) is 19.3 Å². The molecule has 2 aliphatic heterocycles. The molecular weight excluding hydrogens is 298 g/mol. The Morgan fingerprint density at radius 3 is 2.57 bits per heavy atom. The maximum atomic E-state index is 12.0. The van der Waals surface area contributed by atoms with Crippen LogP contribution in [0.5, 0.6) is 0 Å². The smallest absolute Gasteiger partial charge is 0.317 e. The highest BCUT2D eigenvalue weighted by molar-refractivity contribution is 5.77. The van der Waals surface area contributed by atoms with Crippen LogP contribution in [0.15, 0.2) is 0 Å². The summed E-state index contributed by atoms with van der Waals surface area (Å²) in [6, 6.07) is 0.143. The van der Waals surface area contributed by atoms with Gasteiger partial charge in [0.25, 0.3) is 0 Å². The lowest BCUT2D eigenvalue weighted by Crippen LogP contribution is -2.46. The van der Waals surface area contributed by atoms with Crippen LogP contribution >= 0.6 is 0 Å². The van der Waals surface area contributed by atoms with Gasteiger partial charge in [0.15, 0.2) is 0 Å². The number of carboxylic acids is 1. The van der Waals surface area contributed by atoms with Crippen LogP contribution in [0.2, 0.25) is 0 Å². The Morgan fingerprint density at radius 2 is 1.91 bits per heavy atom. The van der Waals surface area contributed by atoms with Gasteiger partial charge in [-0.1, -0.05) is 0 Å². The van der Waals surface area contributed by atoms with Crippen LogP contribution < -0.4 is 5.32 Å². The molecule has 2 fully saturated rings. The Kier molecular flexibility index (Phi) is 6.83. The number of carbonyl (C=O) groups is 3. The zero-order chi connectivity index (χ0) is 16.7. The number of likely N-dealkylation sites (tertiary alicyclic amines) is 2. The van der Waals surface area contributed by atoms with Crippen molar-refractivity contribution >= 4 is 17.8 Å². The molecule has 23 heavy (non-hydrogen) atoms. The lowest BCUT2D eigenvalue weighted by atomic mass is 10.0. The van der Waals surface area contributed by atoms with Crippen LogP contribution in [-0.4, -0.2) is 71.5 Å². The third-order valence-corrected chi connectivity index (χ3v) is 4.56. The van der Waals surface area contributed by atoms with E-state index >= 15 is 0 Å². The van der Waals surface area contributed by atoms with Crippen LogP contribution in [0, 0.1) is 0 Å². The first kappa shape index (κ1) is 17.7. The summed E-state index contributed by atoms with van der Waals surface area (Å²) in [6.07, 6.45) is 5.42. The number of rotatable bonds is 7. The molecule has 0 atom stereocenters. The van der Waals surface area contributed by atoms with E-state index in [1.165, 1.54) is 0 Å². The largest absolute Gasteiger partial charge is 0.480 e. The van der Waals surface area contributed by atoms with Crippen molar-refractivity contribution < 1.29 is 19.5 Å². The molecule has 0 aromatic carbocycles. The predicted molar refractivity (Wildman–Crippen MR) is 84.9 cm³/mol. The molecule has 2 saturated heterocycles. The van der Waals surface area contributed by atoms with Crippen LogP contribution in [0.3, 0.4) is 0 Å². The van der Waals surface area contributed by atoms with Gasteiger partial charge in [0.1, 0.15) is 0 Å². The van der Waals surface area contributed by atoms with E-state index < -0.39 is 5.97 Å². The summed E-state index contributed by atoms with van der Waals surface area (Å²) in [5.74, 6) is -0.562. The second kappa shape index (κ2) is 8.86. The van der Waals surface area contributed by atoms with E-state index in [0.717, 1.165) is 32.2 Å². The first-order chi connectivity index (χ1) is 11.0. The lowest BCUT2D eigenvalue weighted by Gasteiger charge is -2.31. The molecule has 0 spiro atoms. The summed E-state index contributed by atoms with van der Waals surface area (Å²) in [4.78, 5) is 38.1. The second-order valence-corrected chi connectivity index (χ2v) is 6.45. The minimum absolute atomic E-state index is 0.0335. The van der Waals surface area contributed by atoms with Gasteiger partial charge in [-0.25, -0.2) is 0 Å². The SMILES string of the molecule is O=C(O)CN1CCC(NC(=O)CCCN2CCCCC2=O)CC1. The average Bonchev–Trinajstić information content (AvgIpc) is 2.51. The van der Waals surface area contributed by atoms with Gasteiger partial charge in [-0.05, 0) is 32.1 Å². The van der Waals surface area contributed by atoms with E-state index in [0.29, 0.717) is 38.9 Å². The maximum Gasteiger partial charge on any atom is 0.317 e. The van der Waals surface area contributed by atoms with Gasteiger partial charge in [0.05, 0.1) is 6.54 Å². The summed E-state index contributed by atoms with van der Waals surface area (Å²) in [6.45, 7) is 2.98. The lowest BCUT2D eigenvalue weighted by molar-refractivity contribution is -0.138. The molecule has 2 rings (SSSR count). The minimum Gasteiger partial charge on any atom is -0.480 e. The van der Waals surface area contributed by atoms with Gasteiger partial charge in [-0.15, -0.1) is 0 Å². The number of amides is 2. The Bertz CT molecular complexity index is 433. The predicted octanol–water partition coefficient (Wildman–Crippen LogP) is 0.444. The molecule has 2 N–H and O–H groups in total. The standard InChI is InChI=1S/C16H27N3O4/c20-14(4-3-9-19-8-2-1-5-15(19)21)17-13-6-10-18(11-7-13)12-16(22)23/h13H,1-12H2,(H,17,20)(H,22,23). The minimum atomic E-state index is -0.806. The van der Waals surface area contributed by atoms with Crippen molar-refractivity contribution in [3.05, 3.63) is 0 Å². The van der Waals surface area contributed by atoms with Crippen LogP contribution in [-0.2, 0) is 14.4 Å². The van der Waals surface area contributed by atoms with Crippen molar-refractivity contribution in [2.45, 2.75) is 51.0 Å². The molecule has 0 bridgehead atoms. The summed E-state index contributed by atoms with van der Waals surface area (Å²) in [5, 5.41) is 11.8. The molecule has 2 aliphatic rings. The Hall–Kier alpha value is -1.63. The van der Waals surface area contributed by atoms with Crippen LogP contribution in [0.1, 0.15) is 44.9 Å². The third-order valence-electron chi connectivity index (χ3n) is 4.56. The molecule has 0 unspecified atom stereocenters. The van der Waals surface area contributed by atoms with E-state index in [9.17, 15) is 14.4 Å². The van der Waals surface area contributed by atoms with Crippen molar-refractivity contribution in [3.8, 4) is 0 Å². The maximum absolute atomic E-state index is 12.0. The average molecular weight is 325 g/mol. The topological polar surface area (TPSA) is 89.9 Å². The number of carboxylic acid groups (broad SMARTS) is 1. The summed E-state index contributed by atoms with van der Waals surface area (Å²) in [7, 11) is 0. The van der Waals surface area contributed by atoms with Crippen molar-refractivity contribution in [3.63, 3.8) is 0 Å². The molecule has 0 aromatic heterocycles. The van der Waals surface area contributed by atoms with Gasteiger partial charge >= 0.3 is 5.97 Å². The zero-order valence-electron chi connectivity index (χ0n) is 13.6. The summed E-state index contributed by atoms with van der Waals surface area (Å²) >= 11 is 0. The van der Waals surface area contributed by atoms with Crippen molar-refractivity contribution in [2.24, 2.45) is 0 Å². The number of piperidine rings is 2. The zero-order valence-corrected chi connectivity index (χ0v) is 13.6. The molecule has 2 heterocycles. The Balaban J connectivity index is 1.58. The number of nitrogens with one attached hydrogen (secondary N) is 1. The summed E-state index contributed by atoms with van der Waals surface area (Å²) < 4.78 is 0. The number of carbonyl (C=O) groups excluding carboxylic acids is 2. The number of aliphatic carboxylic acids is 1. The van der Waals surface area contributed by atoms with E-state index in [4.69, 9.17) is 5.11 Å². The molecule has 130 valence electrons. The fourth-order valence-electron chi connectivity index (χ4n) is 3.26. The van der Waals surface area contributed by atoms with Crippen molar-refractivity contribution in [2.75, 3.05) is 32.7 Å². The van der Waals surface area contributed by atoms with Crippen molar-refractivity contribution in [1.29, 1.82) is 0 Å². The Morgan fingerprint density at radius 1 is 1.17 bits per heavy atom. The first-order valence-corrected chi connectivity index (χ1v) is 8.56. The highest BCUT2D eigenvalue weighted by Crippen LogP contribution is 2.12. The van der Waals surface area contributed by atoms with Gasteiger partial charge < -0.3 is 15.3 Å². The van der Waals surface area contributed by atoms with Crippen molar-refractivity contribution in [1.82, 2.24) is 15.1 Å². The quantitative estimate of drug-likeness (QED) is 0.709. The molecule has 0 aromatic rings. The second-order valence-electron chi connectivity index (χ2n) is 6.45. The van der Waals surface area contributed by atoms with Gasteiger partial charge in [-0.2, -0.15) is 0 Å². The van der Waals surface area contributed by atoms with E-state index in [1.54, 1.807) is 0 Å². The third kappa shape index (κ3) is 6.17. The van der Waals surface area contributed by atoms with E-state index in [1.807, 2.05) is 9.80 Å². The fraction of sp³-hybridized carbons (Fsp3) is 0.812. The highest BCUT2D eigenvalue weighted by Gasteiger charge is 2.22. The highest BCUT2D eigenvalue weighted by atomic mass is 16.4. The Labute approximate surface area is 137 Å². The molecular formula is C16H27N3O4. The molecule has 2 amide bonds. The van der Waals surface area contributed by atoms with E-state index in [-0.39, 0.29) is 24.4 Å². The molecule has 0 aliphatic carbocycles. The number of hydrogen-bond acceptors (Lipinski definition) is 4. The number of nitrogens with zero attached hydrogens (tertiary/aromatic N) is 2. The molecule has 0 radical (unpaired) electrons. The summed E-state index contributed by atoms with van der Waals surface area (Å²) in [5.41, 5.74) is 0. The van der Waals surface area contributed by atoms with Gasteiger partial charge in [0, 0.05) is 45.1 Å². The van der Waals surface area contributed by atoms with Crippen LogP contribution in [0.4, 0.5) is 0 Å². The normalized spacial score (nSPS) is 20.5. The fourth-order valence-corrected chi connectivity index (χ4v) is 3.26. The molecule has 7 nitrogen and oxygen atoms in total. The number of hydrogen-bond donors (Lipinski definition) is 2. The van der Waals surface area contributed by atoms with E-state index in [2.05, 4.69) is 5.32 Å². The van der Waals surface area contributed by atoms with Crippen LogP contribution in [0.25, 0.3) is 0 Å². The first-order valence-electron chi connectivity index (χ1n) is 8.56. The molecule has 0 saturated carbocycles. The monoisotopic (exact) mass is 325 g/mol. The van der Waals surface area contributed by atoms with Gasteiger partial charge in [0.2, 0.25) is 11.8 Å².